The molecule has 0 N–H and O–H groups in total. The van der Waals surface area contributed by atoms with Gasteiger partial charge in [-0.3, -0.25) is 0 Å². The lowest BCUT2D eigenvalue weighted by Crippen LogP contribution is -2.23. The number of rotatable bonds is 6. The van der Waals surface area contributed by atoms with E-state index in [0.29, 0.717) is 5.56 Å². The predicted molar refractivity (Wildman–Crippen MR) is 65.8 cm³/mol. The molecule has 0 aliphatic rings. The second kappa shape index (κ2) is 7.06. The van der Waals surface area contributed by atoms with Crippen LogP contribution in [0.25, 0.3) is 0 Å². The molecule has 1 rings (SSSR count). The molecule has 1 aromatic rings. The summed E-state index contributed by atoms with van der Waals surface area (Å²) in [4.78, 5) is 11.5. The average molecular weight is 272 g/mol. The topological polar surface area (TPSA) is 54.0 Å². The van der Waals surface area contributed by atoms with Gasteiger partial charge in [0.05, 0.1) is 12.7 Å². The van der Waals surface area contributed by atoms with Crippen LogP contribution in [0.15, 0.2) is 12.1 Å². The lowest BCUT2D eigenvalue weighted by molar-refractivity contribution is -0.122. The van der Waals surface area contributed by atoms with Gasteiger partial charge >= 0.3 is 5.97 Å². The first kappa shape index (κ1) is 15.4. The predicted octanol–water partition coefficient (Wildman–Crippen LogP) is 1.92. The van der Waals surface area contributed by atoms with Gasteiger partial charge in [-0.2, -0.15) is 0 Å². The molecule has 0 atom stereocenters. The lowest BCUT2D eigenvalue weighted by Gasteiger charge is -2.17. The van der Waals surface area contributed by atoms with Gasteiger partial charge in [0.25, 0.3) is 0 Å². The van der Waals surface area contributed by atoms with Crippen LogP contribution in [0.2, 0.25) is 0 Å². The molecular weight excluding hydrogens is 255 g/mol. The van der Waals surface area contributed by atoms with E-state index in [1.807, 2.05) is 0 Å². The zero-order valence-corrected chi connectivity index (χ0v) is 11.4. The normalized spacial score (nSPS) is 10.6. The summed E-state index contributed by atoms with van der Waals surface area (Å²) in [5.74, 6) is -1.12. The summed E-state index contributed by atoms with van der Waals surface area (Å²) in [6.45, 7) is 1.59. The lowest BCUT2D eigenvalue weighted by atomic mass is 10.1. The van der Waals surface area contributed by atoms with Crippen LogP contribution in [0.4, 0.5) is 4.39 Å². The van der Waals surface area contributed by atoms with E-state index in [9.17, 15) is 9.18 Å². The molecule has 0 radical (unpaired) electrons. The summed E-state index contributed by atoms with van der Waals surface area (Å²) in [5, 5.41) is 0. The van der Waals surface area contributed by atoms with Crippen molar-refractivity contribution in [2.24, 2.45) is 0 Å². The number of esters is 1. The van der Waals surface area contributed by atoms with Gasteiger partial charge < -0.3 is 18.9 Å². The van der Waals surface area contributed by atoms with Crippen LogP contribution in [-0.4, -0.2) is 40.2 Å². The quantitative estimate of drug-likeness (QED) is 0.585. The molecule has 0 fully saturated rings. The van der Waals surface area contributed by atoms with Crippen LogP contribution < -0.4 is 4.74 Å². The number of benzene rings is 1. The Hall–Kier alpha value is -1.66. The Morgan fingerprint density at radius 2 is 1.89 bits per heavy atom. The van der Waals surface area contributed by atoms with Crippen molar-refractivity contribution in [3.63, 3.8) is 0 Å². The molecule has 6 heteroatoms. The Bertz CT molecular complexity index is 443. The molecule has 1 aromatic carbocycles. The minimum atomic E-state index is -0.611. The summed E-state index contributed by atoms with van der Waals surface area (Å²) in [5.41, 5.74) is 0.628. The highest BCUT2D eigenvalue weighted by molar-refractivity contribution is 5.91. The Morgan fingerprint density at radius 3 is 2.42 bits per heavy atom. The van der Waals surface area contributed by atoms with Crippen molar-refractivity contribution < 1.29 is 28.1 Å². The van der Waals surface area contributed by atoms with Crippen molar-refractivity contribution in [2.75, 3.05) is 27.9 Å². The number of methoxy groups -OCH3 is 3. The Labute approximate surface area is 111 Å². The van der Waals surface area contributed by atoms with Crippen molar-refractivity contribution >= 4 is 5.97 Å². The van der Waals surface area contributed by atoms with Gasteiger partial charge in [0, 0.05) is 19.8 Å². The standard InChI is InChI=1S/C13H17FO5/c1-8-9(13(15)18-4)5-6-10(14)12(8)19-7-11(16-2)17-3/h5-6,11H,7H2,1-4H3. The van der Waals surface area contributed by atoms with Crippen molar-refractivity contribution in [3.05, 3.63) is 29.1 Å². The molecule has 0 unspecified atom stereocenters. The third-order valence-corrected chi connectivity index (χ3v) is 2.65. The first-order valence-corrected chi connectivity index (χ1v) is 5.61. The van der Waals surface area contributed by atoms with Gasteiger partial charge in [0.15, 0.2) is 17.9 Å². The van der Waals surface area contributed by atoms with Crippen LogP contribution in [0.5, 0.6) is 5.75 Å². The second-order valence-electron chi connectivity index (χ2n) is 3.75. The molecule has 0 bridgehead atoms. The molecule has 0 aromatic heterocycles. The maximum absolute atomic E-state index is 13.7. The molecule has 19 heavy (non-hydrogen) atoms. The summed E-state index contributed by atoms with van der Waals surface area (Å²) >= 11 is 0. The number of ether oxygens (including phenoxy) is 4. The number of carbonyl (C=O) groups is 1. The molecule has 0 aliphatic heterocycles. The van der Waals surface area contributed by atoms with E-state index in [1.165, 1.54) is 27.4 Å². The number of carbonyl (C=O) groups excluding carboxylic acids is 1. The molecule has 106 valence electrons. The van der Waals surface area contributed by atoms with E-state index in [2.05, 4.69) is 4.74 Å². The Morgan fingerprint density at radius 1 is 1.26 bits per heavy atom. The van der Waals surface area contributed by atoms with Gasteiger partial charge in [-0.05, 0) is 19.1 Å². The first-order chi connectivity index (χ1) is 9.04. The Kier molecular flexibility index (Phi) is 5.72. The van der Waals surface area contributed by atoms with Crippen molar-refractivity contribution in [1.82, 2.24) is 0 Å². The second-order valence-corrected chi connectivity index (χ2v) is 3.75. The molecule has 0 amide bonds. The monoisotopic (exact) mass is 272 g/mol. The van der Waals surface area contributed by atoms with Crippen LogP contribution >= 0.6 is 0 Å². The van der Waals surface area contributed by atoms with Gasteiger partial charge in [-0.25, -0.2) is 9.18 Å². The number of hydrogen-bond acceptors (Lipinski definition) is 5. The van der Waals surface area contributed by atoms with Gasteiger partial charge in [-0.15, -0.1) is 0 Å². The molecule has 0 spiro atoms. The molecule has 0 heterocycles. The average Bonchev–Trinajstić information content (AvgIpc) is 2.42. The highest BCUT2D eigenvalue weighted by atomic mass is 19.1. The van der Waals surface area contributed by atoms with Crippen molar-refractivity contribution in [3.8, 4) is 5.75 Å². The minimum absolute atomic E-state index is 0.00931. The zero-order chi connectivity index (χ0) is 14.4. The molecule has 0 saturated carbocycles. The van der Waals surface area contributed by atoms with Crippen LogP contribution in [-0.2, 0) is 14.2 Å². The largest absolute Gasteiger partial charge is 0.485 e. The minimum Gasteiger partial charge on any atom is -0.485 e. The fourth-order valence-corrected chi connectivity index (χ4v) is 1.55. The number of halogens is 1. The van der Waals surface area contributed by atoms with Crippen LogP contribution in [0.3, 0.4) is 0 Å². The van der Waals surface area contributed by atoms with Crippen LogP contribution in [0, 0.1) is 12.7 Å². The van der Waals surface area contributed by atoms with Crippen molar-refractivity contribution in [1.29, 1.82) is 0 Å². The molecule has 0 saturated heterocycles. The zero-order valence-electron chi connectivity index (χ0n) is 11.4. The summed E-state index contributed by atoms with van der Waals surface area (Å²) in [7, 11) is 4.16. The van der Waals surface area contributed by atoms with E-state index in [4.69, 9.17) is 14.2 Å². The van der Waals surface area contributed by atoms with E-state index >= 15 is 0 Å². The third-order valence-electron chi connectivity index (χ3n) is 2.65. The molecular formula is C13H17FO5. The summed E-state index contributed by atoms with van der Waals surface area (Å²) in [6.07, 6.45) is -0.611. The summed E-state index contributed by atoms with van der Waals surface area (Å²) < 4.78 is 33.5. The van der Waals surface area contributed by atoms with Gasteiger partial charge in [0.1, 0.15) is 6.61 Å². The smallest absolute Gasteiger partial charge is 0.338 e. The Balaban J connectivity index is 2.96. The van der Waals surface area contributed by atoms with E-state index in [1.54, 1.807) is 6.92 Å². The number of hydrogen-bond donors (Lipinski definition) is 0. The maximum Gasteiger partial charge on any atom is 0.338 e. The van der Waals surface area contributed by atoms with E-state index in [-0.39, 0.29) is 17.9 Å². The molecule has 5 nitrogen and oxygen atoms in total. The SMILES string of the molecule is COC(=O)c1ccc(F)c(OCC(OC)OC)c1C. The van der Waals surface area contributed by atoms with Crippen LogP contribution in [0.1, 0.15) is 15.9 Å². The van der Waals surface area contributed by atoms with Gasteiger partial charge in [-0.1, -0.05) is 0 Å². The van der Waals surface area contributed by atoms with Crippen molar-refractivity contribution in [2.45, 2.75) is 13.2 Å². The highest BCUT2D eigenvalue weighted by Gasteiger charge is 2.18. The summed E-state index contributed by atoms with van der Waals surface area (Å²) in [6, 6.07) is 2.51. The fourth-order valence-electron chi connectivity index (χ4n) is 1.55. The van der Waals surface area contributed by atoms with E-state index in [0.717, 1.165) is 6.07 Å². The maximum atomic E-state index is 13.7. The highest BCUT2D eigenvalue weighted by Crippen LogP contribution is 2.26. The first-order valence-electron chi connectivity index (χ1n) is 5.61. The molecule has 0 aliphatic carbocycles. The third kappa shape index (κ3) is 3.65. The fraction of sp³-hybridized carbons (Fsp3) is 0.462. The van der Waals surface area contributed by atoms with Gasteiger partial charge in [0.2, 0.25) is 0 Å². The van der Waals surface area contributed by atoms with E-state index < -0.39 is 18.1 Å².